The molecule has 0 aromatic rings. The van der Waals surface area contributed by atoms with Crippen LogP contribution in [0.3, 0.4) is 0 Å². The number of carbonyl (C=O) groups excluding carboxylic acids is 1. The van der Waals surface area contributed by atoms with Crippen LogP contribution in [0.25, 0.3) is 0 Å². The average molecular weight is 212 g/mol. The second-order valence-corrected chi connectivity index (χ2v) is 4.54. The molecule has 0 unspecified atom stereocenters. The van der Waals surface area contributed by atoms with Crippen LogP contribution >= 0.6 is 0 Å². The average Bonchev–Trinajstić information content (AvgIpc) is 3.07. The summed E-state index contributed by atoms with van der Waals surface area (Å²) in [6, 6.07) is 0.607. The summed E-state index contributed by atoms with van der Waals surface area (Å²) in [5, 5.41) is 6.40. The maximum Gasteiger partial charge on any atom is 0.234 e. The van der Waals surface area contributed by atoms with Crippen molar-refractivity contribution in [3.05, 3.63) is 0 Å². The van der Waals surface area contributed by atoms with E-state index < -0.39 is 0 Å². The van der Waals surface area contributed by atoms with Gasteiger partial charge in [-0.25, -0.2) is 0 Å². The van der Waals surface area contributed by atoms with E-state index in [4.69, 9.17) is 0 Å². The van der Waals surface area contributed by atoms with Gasteiger partial charge in [0.1, 0.15) is 0 Å². The van der Waals surface area contributed by atoms with E-state index in [1.807, 2.05) is 0 Å². The molecule has 0 heterocycles. The summed E-state index contributed by atoms with van der Waals surface area (Å²) < 4.78 is 0. The Morgan fingerprint density at radius 2 is 1.73 bits per heavy atom. The third-order valence-corrected chi connectivity index (χ3v) is 3.56. The normalized spacial score (nSPS) is 16.5. The minimum absolute atomic E-state index is 0.0162. The second kappa shape index (κ2) is 5.50. The molecule has 0 aromatic carbocycles. The molecule has 1 rings (SSSR count). The lowest BCUT2D eigenvalue weighted by Crippen LogP contribution is -2.50. The fraction of sp³-hybridized carbons (Fsp3) is 0.917. The third kappa shape index (κ3) is 3.82. The van der Waals surface area contributed by atoms with Crippen molar-refractivity contribution in [2.24, 2.45) is 0 Å². The minimum atomic E-state index is 0.0162. The summed E-state index contributed by atoms with van der Waals surface area (Å²) in [7, 11) is 0. The first-order valence-electron chi connectivity index (χ1n) is 6.20. The number of hydrogen-bond acceptors (Lipinski definition) is 2. The van der Waals surface area contributed by atoms with Crippen LogP contribution in [-0.2, 0) is 4.79 Å². The third-order valence-electron chi connectivity index (χ3n) is 3.56. The topological polar surface area (TPSA) is 41.1 Å². The Kier molecular flexibility index (Phi) is 4.58. The Morgan fingerprint density at radius 3 is 2.13 bits per heavy atom. The molecule has 1 saturated carbocycles. The largest absolute Gasteiger partial charge is 0.350 e. The lowest BCUT2D eigenvalue weighted by atomic mass is 9.90. The molecule has 3 nitrogen and oxygen atoms in total. The molecule has 3 heteroatoms. The maximum absolute atomic E-state index is 11.7. The standard InChI is InChI=1S/C12H24N2O/c1-4-12(5-2,6-3)14-11(15)9-13-10-7-8-10/h10,13H,4-9H2,1-3H3,(H,14,15). The van der Waals surface area contributed by atoms with E-state index in [1.165, 1.54) is 12.8 Å². The fourth-order valence-corrected chi connectivity index (χ4v) is 1.88. The number of rotatable bonds is 7. The van der Waals surface area contributed by atoms with E-state index in [2.05, 4.69) is 31.4 Å². The summed E-state index contributed by atoms with van der Waals surface area (Å²) in [6.45, 7) is 6.90. The van der Waals surface area contributed by atoms with Crippen molar-refractivity contribution >= 4 is 5.91 Å². The molecule has 1 fully saturated rings. The van der Waals surface area contributed by atoms with Crippen LogP contribution < -0.4 is 10.6 Å². The van der Waals surface area contributed by atoms with Crippen LogP contribution in [0.4, 0.5) is 0 Å². The Balaban J connectivity index is 2.31. The van der Waals surface area contributed by atoms with Crippen molar-refractivity contribution in [1.29, 1.82) is 0 Å². The first-order chi connectivity index (χ1) is 7.15. The quantitative estimate of drug-likeness (QED) is 0.676. The SMILES string of the molecule is CCC(CC)(CC)NC(=O)CNC1CC1. The highest BCUT2D eigenvalue weighted by molar-refractivity contribution is 5.78. The van der Waals surface area contributed by atoms with E-state index in [0.29, 0.717) is 12.6 Å². The first kappa shape index (κ1) is 12.5. The molecule has 0 radical (unpaired) electrons. The zero-order chi connectivity index (χ0) is 11.3. The maximum atomic E-state index is 11.7. The predicted octanol–water partition coefficient (Wildman–Crippen LogP) is 1.82. The van der Waals surface area contributed by atoms with Gasteiger partial charge in [0.2, 0.25) is 5.91 Å². The van der Waals surface area contributed by atoms with Gasteiger partial charge in [-0.3, -0.25) is 4.79 Å². The van der Waals surface area contributed by atoms with E-state index in [-0.39, 0.29) is 11.4 Å². The van der Waals surface area contributed by atoms with Crippen LogP contribution in [0.5, 0.6) is 0 Å². The van der Waals surface area contributed by atoms with Gasteiger partial charge in [-0.2, -0.15) is 0 Å². The molecule has 15 heavy (non-hydrogen) atoms. The smallest absolute Gasteiger partial charge is 0.234 e. The van der Waals surface area contributed by atoms with Crippen LogP contribution in [0.2, 0.25) is 0 Å². The monoisotopic (exact) mass is 212 g/mol. The van der Waals surface area contributed by atoms with Gasteiger partial charge in [0.05, 0.1) is 6.54 Å². The van der Waals surface area contributed by atoms with Crippen molar-refractivity contribution in [1.82, 2.24) is 10.6 Å². The van der Waals surface area contributed by atoms with Gasteiger partial charge in [-0.15, -0.1) is 0 Å². The van der Waals surface area contributed by atoms with Crippen LogP contribution in [0, 0.1) is 0 Å². The lowest BCUT2D eigenvalue weighted by Gasteiger charge is -2.31. The molecule has 88 valence electrons. The van der Waals surface area contributed by atoms with Crippen molar-refractivity contribution in [2.75, 3.05) is 6.54 Å². The van der Waals surface area contributed by atoms with Gasteiger partial charge in [-0.1, -0.05) is 20.8 Å². The Morgan fingerprint density at radius 1 is 1.20 bits per heavy atom. The van der Waals surface area contributed by atoms with E-state index in [9.17, 15) is 4.79 Å². The fourth-order valence-electron chi connectivity index (χ4n) is 1.88. The molecule has 0 atom stereocenters. The molecule has 1 amide bonds. The molecule has 1 aliphatic rings. The molecule has 0 spiro atoms. The van der Waals surface area contributed by atoms with Crippen molar-refractivity contribution in [3.8, 4) is 0 Å². The number of nitrogens with one attached hydrogen (secondary N) is 2. The van der Waals surface area contributed by atoms with Gasteiger partial charge < -0.3 is 10.6 Å². The van der Waals surface area contributed by atoms with E-state index in [0.717, 1.165) is 19.3 Å². The summed E-state index contributed by atoms with van der Waals surface area (Å²) in [4.78, 5) is 11.7. The molecule has 2 N–H and O–H groups in total. The van der Waals surface area contributed by atoms with Gasteiger partial charge in [0.15, 0.2) is 0 Å². The zero-order valence-electron chi connectivity index (χ0n) is 10.2. The molecule has 0 aliphatic heterocycles. The molecule has 0 aromatic heterocycles. The van der Waals surface area contributed by atoms with E-state index in [1.54, 1.807) is 0 Å². The Bertz CT molecular complexity index is 199. The highest BCUT2D eigenvalue weighted by Gasteiger charge is 2.27. The minimum Gasteiger partial charge on any atom is -0.350 e. The van der Waals surface area contributed by atoms with Crippen LogP contribution in [0.1, 0.15) is 52.9 Å². The Hall–Kier alpha value is -0.570. The molecule has 0 bridgehead atoms. The lowest BCUT2D eigenvalue weighted by molar-refractivity contribution is -0.122. The summed E-state index contributed by atoms with van der Waals surface area (Å²) in [6.07, 6.45) is 5.49. The highest BCUT2D eigenvalue weighted by atomic mass is 16.2. The first-order valence-corrected chi connectivity index (χ1v) is 6.20. The van der Waals surface area contributed by atoms with Crippen molar-refractivity contribution in [3.63, 3.8) is 0 Å². The summed E-state index contributed by atoms with van der Waals surface area (Å²) in [5.74, 6) is 0.146. The predicted molar refractivity (Wildman–Crippen MR) is 62.8 cm³/mol. The number of amides is 1. The molecular formula is C12H24N2O. The Labute approximate surface area is 93.0 Å². The second-order valence-electron chi connectivity index (χ2n) is 4.54. The van der Waals surface area contributed by atoms with Gasteiger partial charge in [0.25, 0.3) is 0 Å². The van der Waals surface area contributed by atoms with Gasteiger partial charge in [-0.05, 0) is 32.1 Å². The van der Waals surface area contributed by atoms with Crippen molar-refractivity contribution in [2.45, 2.75) is 64.5 Å². The van der Waals surface area contributed by atoms with Crippen LogP contribution in [-0.4, -0.2) is 24.0 Å². The zero-order valence-corrected chi connectivity index (χ0v) is 10.2. The summed E-state index contributed by atoms with van der Waals surface area (Å²) >= 11 is 0. The van der Waals surface area contributed by atoms with E-state index >= 15 is 0 Å². The van der Waals surface area contributed by atoms with Crippen molar-refractivity contribution < 1.29 is 4.79 Å². The summed E-state index contributed by atoms with van der Waals surface area (Å²) in [5.41, 5.74) is 0.0162. The van der Waals surface area contributed by atoms with Gasteiger partial charge >= 0.3 is 0 Å². The highest BCUT2D eigenvalue weighted by Crippen LogP contribution is 2.20. The van der Waals surface area contributed by atoms with Gasteiger partial charge in [0, 0.05) is 11.6 Å². The molecule has 1 aliphatic carbocycles. The van der Waals surface area contributed by atoms with Crippen LogP contribution in [0.15, 0.2) is 0 Å². The molecular weight excluding hydrogens is 188 g/mol. The molecule has 0 saturated heterocycles. The number of hydrogen-bond donors (Lipinski definition) is 2. The number of carbonyl (C=O) groups is 1.